The molecule has 0 bridgehead atoms. The number of para-hydroxylation sites is 1. The molecule has 2 unspecified atom stereocenters. The van der Waals surface area contributed by atoms with Crippen molar-refractivity contribution in [3.8, 4) is 11.1 Å². The lowest BCUT2D eigenvalue weighted by molar-refractivity contribution is -0.136. The zero-order valence-electron chi connectivity index (χ0n) is 25.8. The van der Waals surface area contributed by atoms with E-state index in [0.29, 0.717) is 18.2 Å². The van der Waals surface area contributed by atoms with Gasteiger partial charge in [0.2, 0.25) is 5.91 Å². The molecule has 238 valence electrons. The van der Waals surface area contributed by atoms with Crippen LogP contribution in [0.15, 0.2) is 97.1 Å². The summed E-state index contributed by atoms with van der Waals surface area (Å²) in [6.07, 6.45) is 0.545. The van der Waals surface area contributed by atoms with Crippen LogP contribution in [0.4, 0.5) is 14.5 Å². The zero-order chi connectivity index (χ0) is 32.8. The second kappa shape index (κ2) is 14.5. The van der Waals surface area contributed by atoms with E-state index in [9.17, 15) is 28.3 Å². The van der Waals surface area contributed by atoms with Crippen LogP contribution < -0.4 is 15.5 Å². The second-order valence-electron chi connectivity index (χ2n) is 11.8. The van der Waals surface area contributed by atoms with Gasteiger partial charge in [-0.1, -0.05) is 86.6 Å². The van der Waals surface area contributed by atoms with E-state index < -0.39 is 47.6 Å². The van der Waals surface area contributed by atoms with Gasteiger partial charge in [-0.15, -0.1) is 0 Å². The Morgan fingerprint density at radius 3 is 2.15 bits per heavy atom. The number of benzene rings is 4. The van der Waals surface area contributed by atoms with E-state index in [1.165, 1.54) is 5.56 Å². The van der Waals surface area contributed by atoms with Gasteiger partial charge in [-0.3, -0.25) is 14.4 Å². The fourth-order valence-electron chi connectivity index (χ4n) is 5.84. The van der Waals surface area contributed by atoms with Crippen molar-refractivity contribution in [2.45, 2.75) is 51.3 Å². The van der Waals surface area contributed by atoms with Crippen molar-refractivity contribution in [2.75, 3.05) is 11.4 Å². The first kappa shape index (κ1) is 32.5. The number of aliphatic hydroxyl groups excluding tert-OH is 1. The maximum absolute atomic E-state index is 14.4. The number of carbonyl (C=O) groups excluding carboxylic acids is 3. The fraction of sp³-hybridized carbons (Fsp3) is 0.270. The number of anilines is 1. The molecule has 0 saturated heterocycles. The van der Waals surface area contributed by atoms with Gasteiger partial charge in [-0.2, -0.15) is 0 Å². The van der Waals surface area contributed by atoms with Gasteiger partial charge in [-0.25, -0.2) is 8.78 Å². The van der Waals surface area contributed by atoms with Crippen LogP contribution in [0.2, 0.25) is 0 Å². The summed E-state index contributed by atoms with van der Waals surface area (Å²) in [6.45, 7) is 3.84. The molecular formula is C37H37F2N3O4. The lowest BCUT2D eigenvalue weighted by atomic mass is 9.94. The van der Waals surface area contributed by atoms with Crippen LogP contribution in [-0.4, -0.2) is 35.4 Å². The van der Waals surface area contributed by atoms with Gasteiger partial charge in [0.05, 0.1) is 5.69 Å². The van der Waals surface area contributed by atoms with E-state index >= 15 is 0 Å². The smallest absolute Gasteiger partial charge is 0.254 e. The molecule has 3 amide bonds. The van der Waals surface area contributed by atoms with Crippen molar-refractivity contribution in [3.05, 3.63) is 125 Å². The summed E-state index contributed by atoms with van der Waals surface area (Å²) in [5.74, 6) is -4.30. The maximum atomic E-state index is 14.4. The Balaban J connectivity index is 1.39. The van der Waals surface area contributed by atoms with Gasteiger partial charge < -0.3 is 20.6 Å². The van der Waals surface area contributed by atoms with Crippen LogP contribution in [0.1, 0.15) is 55.5 Å². The first-order valence-corrected chi connectivity index (χ1v) is 15.4. The van der Waals surface area contributed by atoms with Crippen molar-refractivity contribution in [1.82, 2.24) is 10.6 Å². The Kier molecular flexibility index (Phi) is 10.2. The Bertz CT molecular complexity index is 1690. The first-order valence-electron chi connectivity index (χ1n) is 15.4. The lowest BCUT2D eigenvalue weighted by Crippen LogP contribution is -2.53. The number of amides is 3. The average Bonchev–Trinajstić information content (AvgIpc) is 3.14. The van der Waals surface area contributed by atoms with Gasteiger partial charge in [0.25, 0.3) is 11.8 Å². The van der Waals surface area contributed by atoms with Gasteiger partial charge >= 0.3 is 0 Å². The van der Waals surface area contributed by atoms with Gasteiger partial charge in [0.15, 0.2) is 6.10 Å². The minimum atomic E-state index is -1.92. The van der Waals surface area contributed by atoms with Crippen molar-refractivity contribution in [2.24, 2.45) is 5.92 Å². The maximum Gasteiger partial charge on any atom is 0.254 e. The van der Waals surface area contributed by atoms with Crippen molar-refractivity contribution in [1.29, 1.82) is 0 Å². The summed E-state index contributed by atoms with van der Waals surface area (Å²) in [7, 11) is 0. The highest BCUT2D eigenvalue weighted by Crippen LogP contribution is 2.40. The fourth-order valence-corrected chi connectivity index (χ4v) is 5.84. The highest BCUT2D eigenvalue weighted by atomic mass is 19.1. The molecule has 1 heterocycles. The Hall–Kier alpha value is -4.89. The molecule has 1 aliphatic rings. The van der Waals surface area contributed by atoms with E-state index in [4.69, 9.17) is 0 Å². The van der Waals surface area contributed by atoms with Crippen molar-refractivity contribution in [3.63, 3.8) is 0 Å². The largest absolute Gasteiger partial charge is 0.378 e. The zero-order valence-corrected chi connectivity index (χ0v) is 25.8. The second-order valence-corrected chi connectivity index (χ2v) is 11.8. The molecule has 9 heteroatoms. The number of fused-ring (bicyclic) bond motifs is 3. The standard InChI is InChI=1S/C37H37F2N3O4/c1-23(2)32(40-36(45)34(43)25-20-26(38)22-27(39)21-25)35(44)41-33-30-17-7-6-15-28(30)29-16-8-9-18-31(29)42(37(33)46)19-11-10-14-24-12-4-3-5-13-24/h3-9,12-13,15-18,20-23,32-34,43H,10-11,14,19H2,1-2H3,(H,40,45)(H,41,44)/t32-,33?,34?/m0/s1. The number of nitrogens with one attached hydrogen (secondary N) is 2. The molecule has 0 spiro atoms. The molecule has 46 heavy (non-hydrogen) atoms. The summed E-state index contributed by atoms with van der Waals surface area (Å²) in [6, 6.07) is 25.3. The van der Waals surface area contributed by atoms with Crippen LogP contribution in [0.25, 0.3) is 11.1 Å². The molecule has 4 aromatic carbocycles. The van der Waals surface area contributed by atoms with Crippen LogP contribution in [-0.2, 0) is 20.8 Å². The Labute approximate surface area is 267 Å². The summed E-state index contributed by atoms with van der Waals surface area (Å²) >= 11 is 0. The molecule has 3 N–H and O–H groups in total. The quantitative estimate of drug-likeness (QED) is 0.177. The predicted octanol–water partition coefficient (Wildman–Crippen LogP) is 6.03. The van der Waals surface area contributed by atoms with Crippen LogP contribution in [0.5, 0.6) is 0 Å². The number of nitrogens with zero attached hydrogens (tertiary/aromatic N) is 1. The highest BCUT2D eigenvalue weighted by Gasteiger charge is 2.37. The number of hydrogen-bond donors (Lipinski definition) is 3. The summed E-state index contributed by atoms with van der Waals surface area (Å²) in [5, 5.41) is 15.9. The molecule has 5 rings (SSSR count). The number of unbranched alkanes of at least 4 members (excludes halogenated alkanes) is 1. The van der Waals surface area contributed by atoms with E-state index in [2.05, 4.69) is 22.8 Å². The number of rotatable bonds is 11. The molecule has 0 saturated carbocycles. The topological polar surface area (TPSA) is 98.7 Å². The highest BCUT2D eigenvalue weighted by molar-refractivity contribution is 6.06. The molecule has 7 nitrogen and oxygen atoms in total. The summed E-state index contributed by atoms with van der Waals surface area (Å²) in [5.41, 5.74) is 3.96. The molecule has 0 aromatic heterocycles. The summed E-state index contributed by atoms with van der Waals surface area (Å²) in [4.78, 5) is 42.9. The minimum Gasteiger partial charge on any atom is -0.378 e. The predicted molar refractivity (Wildman–Crippen MR) is 173 cm³/mol. The van der Waals surface area contributed by atoms with Crippen LogP contribution >= 0.6 is 0 Å². The SMILES string of the molecule is CC(C)[C@H](NC(=O)C(O)c1cc(F)cc(F)c1)C(=O)NC1C(=O)N(CCCCc2ccccc2)c2ccccc2-c2ccccc21. The first-order chi connectivity index (χ1) is 22.1. The Morgan fingerprint density at radius 2 is 1.46 bits per heavy atom. The van der Waals surface area contributed by atoms with Crippen molar-refractivity contribution >= 4 is 23.4 Å². The van der Waals surface area contributed by atoms with E-state index in [1.54, 1.807) is 30.9 Å². The number of hydrogen-bond acceptors (Lipinski definition) is 4. The third-order valence-corrected chi connectivity index (χ3v) is 8.19. The van der Waals surface area contributed by atoms with Gasteiger partial charge in [-0.05, 0) is 65.6 Å². The van der Waals surface area contributed by atoms with E-state index in [-0.39, 0.29) is 11.5 Å². The number of halogens is 2. The number of aliphatic hydroxyl groups is 1. The number of carbonyl (C=O) groups is 3. The number of aryl methyl sites for hydroxylation is 1. The van der Waals surface area contributed by atoms with Crippen LogP contribution in [0, 0.1) is 17.6 Å². The lowest BCUT2D eigenvalue weighted by Gasteiger charge is -2.29. The molecule has 0 fully saturated rings. The molecule has 1 aliphatic heterocycles. The monoisotopic (exact) mass is 625 g/mol. The van der Waals surface area contributed by atoms with Crippen molar-refractivity contribution < 1.29 is 28.3 Å². The van der Waals surface area contributed by atoms with Gasteiger partial charge in [0, 0.05) is 18.2 Å². The van der Waals surface area contributed by atoms with E-state index in [0.717, 1.165) is 48.2 Å². The average molecular weight is 626 g/mol. The van der Waals surface area contributed by atoms with Gasteiger partial charge in [0.1, 0.15) is 23.7 Å². The minimum absolute atomic E-state index is 0.286. The molecule has 4 aromatic rings. The summed E-state index contributed by atoms with van der Waals surface area (Å²) < 4.78 is 27.5. The normalized spacial score (nSPS) is 15.4. The third kappa shape index (κ3) is 7.32. The molecule has 0 aliphatic carbocycles. The molecule has 3 atom stereocenters. The molecule has 0 radical (unpaired) electrons. The Morgan fingerprint density at radius 1 is 0.826 bits per heavy atom. The molecular weight excluding hydrogens is 588 g/mol. The third-order valence-electron chi connectivity index (χ3n) is 8.19. The van der Waals surface area contributed by atoms with Crippen LogP contribution in [0.3, 0.4) is 0 Å². The van der Waals surface area contributed by atoms with E-state index in [1.807, 2.05) is 54.6 Å².